The van der Waals surface area contributed by atoms with E-state index in [9.17, 15) is 0 Å². The Labute approximate surface area is 121 Å². The first kappa shape index (κ1) is 15.3. The van der Waals surface area contributed by atoms with Crippen LogP contribution >= 0.6 is 39.3 Å². The van der Waals surface area contributed by atoms with Gasteiger partial charge >= 0.3 is 0 Å². The summed E-state index contributed by atoms with van der Waals surface area (Å²) >= 11 is 11.4. The molecule has 2 nitrogen and oxygen atoms in total. The summed E-state index contributed by atoms with van der Waals surface area (Å²) in [4.78, 5) is 8.88. The zero-order valence-corrected chi connectivity index (χ0v) is 14.0. The third-order valence-electron chi connectivity index (χ3n) is 2.06. The van der Waals surface area contributed by atoms with E-state index in [0.29, 0.717) is 11.1 Å². The fourth-order valence-corrected chi connectivity index (χ4v) is 2.73. The Balaban J connectivity index is 2.95. The van der Waals surface area contributed by atoms with Gasteiger partial charge in [0.25, 0.3) is 0 Å². The molecular formula is C12H18BrClN2S. The zero-order chi connectivity index (χ0) is 13.2. The molecule has 0 radical (unpaired) electrons. The molecule has 1 aromatic heterocycles. The van der Waals surface area contributed by atoms with Crippen LogP contribution in [-0.2, 0) is 5.75 Å². The van der Waals surface area contributed by atoms with Gasteiger partial charge in [-0.3, -0.25) is 0 Å². The van der Waals surface area contributed by atoms with Crippen LogP contribution < -0.4 is 0 Å². The molecule has 0 saturated heterocycles. The first-order valence-corrected chi connectivity index (χ1v) is 7.72. The molecule has 0 aromatic carbocycles. The first-order chi connectivity index (χ1) is 7.70. The maximum absolute atomic E-state index is 6.11. The smallest absolute Gasteiger partial charge is 0.147 e. The van der Waals surface area contributed by atoms with E-state index in [1.807, 2.05) is 11.8 Å². The molecule has 1 heterocycles. The standard InChI is InChI=1S/C12H18BrClN2S/c1-7(2)10-9(13)11(14)16-8(15-10)6-17-12(3,4)5/h7H,6H2,1-5H3. The monoisotopic (exact) mass is 336 g/mol. The number of thioether (sulfide) groups is 1. The van der Waals surface area contributed by atoms with Gasteiger partial charge in [-0.05, 0) is 21.8 Å². The van der Waals surface area contributed by atoms with Gasteiger partial charge in [-0.15, -0.1) is 11.8 Å². The van der Waals surface area contributed by atoms with Gasteiger partial charge in [0.2, 0.25) is 0 Å². The average molecular weight is 338 g/mol. The van der Waals surface area contributed by atoms with Crippen LogP contribution in [0.4, 0.5) is 0 Å². The molecule has 0 bridgehead atoms. The van der Waals surface area contributed by atoms with Crippen LogP contribution in [0.3, 0.4) is 0 Å². The molecule has 1 aromatic rings. The van der Waals surface area contributed by atoms with Crippen molar-refractivity contribution in [1.29, 1.82) is 0 Å². The SMILES string of the molecule is CC(C)c1nc(CSC(C)(C)C)nc(Cl)c1Br. The van der Waals surface area contributed by atoms with Crippen molar-refractivity contribution in [3.63, 3.8) is 0 Å². The Morgan fingerprint density at radius 1 is 1.29 bits per heavy atom. The second-order valence-corrected chi connectivity index (χ2v) is 8.14. The van der Waals surface area contributed by atoms with Gasteiger partial charge in [-0.25, -0.2) is 9.97 Å². The summed E-state index contributed by atoms with van der Waals surface area (Å²) in [6, 6.07) is 0. The topological polar surface area (TPSA) is 25.8 Å². The molecule has 0 aliphatic carbocycles. The lowest BCUT2D eigenvalue weighted by Crippen LogP contribution is -2.10. The van der Waals surface area contributed by atoms with Crippen molar-refractivity contribution in [3.05, 3.63) is 21.1 Å². The molecular weight excluding hydrogens is 320 g/mol. The van der Waals surface area contributed by atoms with Crippen molar-refractivity contribution in [2.75, 3.05) is 0 Å². The van der Waals surface area contributed by atoms with Crippen molar-refractivity contribution in [2.45, 2.75) is 51.0 Å². The third kappa shape index (κ3) is 4.76. The van der Waals surface area contributed by atoms with Crippen LogP contribution in [0, 0.1) is 0 Å². The van der Waals surface area contributed by atoms with E-state index in [1.54, 1.807) is 0 Å². The van der Waals surface area contributed by atoms with Crippen molar-refractivity contribution < 1.29 is 0 Å². The predicted octanol–water partition coefficient (Wildman–Crippen LogP) is 5.05. The highest BCUT2D eigenvalue weighted by Crippen LogP contribution is 2.31. The van der Waals surface area contributed by atoms with E-state index in [1.165, 1.54) is 0 Å². The zero-order valence-electron chi connectivity index (χ0n) is 10.8. The highest BCUT2D eigenvalue weighted by Gasteiger charge is 2.16. The lowest BCUT2D eigenvalue weighted by Gasteiger charge is -2.17. The van der Waals surface area contributed by atoms with Crippen LogP contribution in [0.25, 0.3) is 0 Å². The summed E-state index contributed by atoms with van der Waals surface area (Å²) in [5.74, 6) is 1.93. The molecule has 0 spiro atoms. The third-order valence-corrected chi connectivity index (χ3v) is 4.62. The second-order valence-electron chi connectivity index (χ2n) is 5.19. The number of nitrogens with zero attached hydrogens (tertiary/aromatic N) is 2. The Bertz CT molecular complexity index is 402. The number of rotatable bonds is 3. The Morgan fingerprint density at radius 2 is 1.88 bits per heavy atom. The summed E-state index contributed by atoms with van der Waals surface area (Å²) in [6.45, 7) is 10.7. The van der Waals surface area contributed by atoms with Gasteiger partial charge in [0, 0.05) is 4.75 Å². The van der Waals surface area contributed by atoms with Gasteiger partial charge in [-0.1, -0.05) is 46.2 Å². The van der Waals surface area contributed by atoms with E-state index in [4.69, 9.17) is 11.6 Å². The van der Waals surface area contributed by atoms with Crippen LogP contribution in [0.15, 0.2) is 4.47 Å². The maximum atomic E-state index is 6.11. The molecule has 0 unspecified atom stereocenters. The van der Waals surface area contributed by atoms with Gasteiger partial charge in [0.15, 0.2) is 0 Å². The van der Waals surface area contributed by atoms with E-state index < -0.39 is 0 Å². The van der Waals surface area contributed by atoms with Crippen molar-refractivity contribution in [1.82, 2.24) is 9.97 Å². The molecule has 0 atom stereocenters. The van der Waals surface area contributed by atoms with Crippen LogP contribution in [0.2, 0.25) is 5.15 Å². The lowest BCUT2D eigenvalue weighted by atomic mass is 10.1. The van der Waals surface area contributed by atoms with Crippen LogP contribution in [0.1, 0.15) is 52.1 Å². The molecule has 0 amide bonds. The predicted molar refractivity (Wildman–Crippen MR) is 79.9 cm³/mol. The summed E-state index contributed by atoms with van der Waals surface area (Å²) in [5, 5.41) is 0.508. The maximum Gasteiger partial charge on any atom is 0.147 e. The average Bonchev–Trinajstić information content (AvgIpc) is 2.18. The minimum atomic E-state index is 0.209. The Kier molecular flexibility index (Phi) is 5.29. The van der Waals surface area contributed by atoms with Crippen LogP contribution in [0.5, 0.6) is 0 Å². The summed E-state index contributed by atoms with van der Waals surface area (Å²) in [6.07, 6.45) is 0. The molecule has 1 rings (SSSR count). The second kappa shape index (κ2) is 5.89. The number of hydrogen-bond donors (Lipinski definition) is 0. The minimum Gasteiger partial charge on any atom is -0.235 e. The van der Waals surface area contributed by atoms with Gasteiger partial charge < -0.3 is 0 Å². The quantitative estimate of drug-likeness (QED) is 0.722. The Morgan fingerprint density at radius 3 is 2.35 bits per heavy atom. The first-order valence-electron chi connectivity index (χ1n) is 5.56. The van der Waals surface area contributed by atoms with E-state index >= 15 is 0 Å². The summed E-state index contributed by atoms with van der Waals surface area (Å²) in [7, 11) is 0. The largest absolute Gasteiger partial charge is 0.235 e. The highest BCUT2D eigenvalue weighted by atomic mass is 79.9. The molecule has 5 heteroatoms. The van der Waals surface area contributed by atoms with Gasteiger partial charge in [0.05, 0.1) is 15.9 Å². The highest BCUT2D eigenvalue weighted by molar-refractivity contribution is 9.10. The van der Waals surface area contributed by atoms with Crippen molar-refractivity contribution in [3.8, 4) is 0 Å². The van der Waals surface area contributed by atoms with E-state index in [2.05, 4.69) is 60.5 Å². The van der Waals surface area contributed by atoms with Crippen molar-refractivity contribution >= 4 is 39.3 Å². The fourth-order valence-electron chi connectivity index (χ4n) is 1.21. The van der Waals surface area contributed by atoms with E-state index in [0.717, 1.165) is 21.7 Å². The summed E-state index contributed by atoms with van der Waals surface area (Å²) in [5.41, 5.74) is 0.981. The fraction of sp³-hybridized carbons (Fsp3) is 0.667. The molecule has 0 N–H and O–H groups in total. The molecule has 0 aliphatic heterocycles. The molecule has 0 aliphatic rings. The molecule has 0 fully saturated rings. The minimum absolute atomic E-state index is 0.209. The molecule has 17 heavy (non-hydrogen) atoms. The van der Waals surface area contributed by atoms with Crippen LogP contribution in [-0.4, -0.2) is 14.7 Å². The van der Waals surface area contributed by atoms with E-state index in [-0.39, 0.29) is 4.75 Å². The Hall–Kier alpha value is 0.200. The van der Waals surface area contributed by atoms with Gasteiger partial charge in [0.1, 0.15) is 11.0 Å². The number of aromatic nitrogens is 2. The normalized spacial score (nSPS) is 12.2. The van der Waals surface area contributed by atoms with Crippen molar-refractivity contribution in [2.24, 2.45) is 0 Å². The summed E-state index contributed by atoms with van der Waals surface area (Å²) < 4.78 is 1.03. The van der Waals surface area contributed by atoms with Gasteiger partial charge in [-0.2, -0.15) is 0 Å². The number of hydrogen-bond acceptors (Lipinski definition) is 3. The molecule has 96 valence electrons. The lowest BCUT2D eigenvalue weighted by molar-refractivity contribution is 0.782. The molecule has 0 saturated carbocycles. The number of halogens is 2.